The molecule has 9 heteroatoms. The third-order valence-corrected chi connectivity index (χ3v) is 4.82. The summed E-state index contributed by atoms with van der Waals surface area (Å²) in [6.45, 7) is 3.52. The van der Waals surface area contributed by atoms with Gasteiger partial charge >= 0.3 is 0 Å². The van der Waals surface area contributed by atoms with Gasteiger partial charge in [-0.25, -0.2) is 13.6 Å². The van der Waals surface area contributed by atoms with E-state index in [0.29, 0.717) is 11.3 Å². The van der Waals surface area contributed by atoms with Gasteiger partial charge in [-0.15, -0.1) is 5.10 Å². The van der Waals surface area contributed by atoms with Gasteiger partial charge < -0.3 is 5.32 Å². The molecule has 0 aliphatic rings. The van der Waals surface area contributed by atoms with Crippen LogP contribution in [-0.4, -0.2) is 29.3 Å². The fourth-order valence-electron chi connectivity index (χ4n) is 2.36. The lowest BCUT2D eigenvalue weighted by molar-refractivity contribution is 0.102. The molecule has 8 nitrogen and oxygen atoms in total. The second-order valence-electron chi connectivity index (χ2n) is 5.77. The summed E-state index contributed by atoms with van der Waals surface area (Å²) in [5.74, 6) is -0.499. The second kappa shape index (κ2) is 6.70. The Kier molecular flexibility index (Phi) is 4.58. The monoisotopic (exact) mass is 371 g/mol. The standard InChI is InChI=1S/C17H17N5O3S/c1-11-8-14(26(18,24)25)9-15(12(11)2)20-17(23)16-10-19-22(21-16)13-6-4-3-5-7-13/h3-10H,1-2H3,(H,20,23)(H2,18,24,25). The number of rotatable bonds is 4. The van der Waals surface area contributed by atoms with Gasteiger partial charge in [0.25, 0.3) is 5.91 Å². The predicted octanol–water partition coefficient (Wildman–Crippen LogP) is 1.78. The number of hydrogen-bond donors (Lipinski definition) is 2. The quantitative estimate of drug-likeness (QED) is 0.724. The Morgan fingerprint density at radius 3 is 2.50 bits per heavy atom. The van der Waals surface area contributed by atoms with Crippen molar-refractivity contribution in [2.45, 2.75) is 18.7 Å². The fourth-order valence-corrected chi connectivity index (χ4v) is 2.98. The molecule has 3 N–H and O–H groups in total. The molecule has 1 amide bonds. The van der Waals surface area contributed by atoms with Crippen molar-refractivity contribution in [2.24, 2.45) is 5.14 Å². The number of nitrogens with zero attached hydrogens (tertiary/aromatic N) is 3. The van der Waals surface area contributed by atoms with Crippen LogP contribution < -0.4 is 10.5 Å². The van der Waals surface area contributed by atoms with E-state index in [-0.39, 0.29) is 10.6 Å². The number of aryl methyl sites for hydroxylation is 1. The summed E-state index contributed by atoms with van der Waals surface area (Å²) in [6.07, 6.45) is 1.34. The van der Waals surface area contributed by atoms with Gasteiger partial charge in [-0.05, 0) is 49.2 Å². The maximum absolute atomic E-state index is 12.5. The molecule has 3 aromatic rings. The average molecular weight is 371 g/mol. The van der Waals surface area contributed by atoms with Crippen LogP contribution in [0.1, 0.15) is 21.6 Å². The average Bonchev–Trinajstić information content (AvgIpc) is 3.09. The van der Waals surface area contributed by atoms with Gasteiger partial charge in [0.05, 0.1) is 16.8 Å². The van der Waals surface area contributed by atoms with Crippen molar-refractivity contribution in [2.75, 3.05) is 5.32 Å². The van der Waals surface area contributed by atoms with E-state index in [0.717, 1.165) is 11.3 Å². The minimum atomic E-state index is -3.88. The maximum Gasteiger partial charge on any atom is 0.277 e. The first-order chi connectivity index (χ1) is 12.3. The van der Waals surface area contributed by atoms with Crippen LogP contribution in [0.4, 0.5) is 5.69 Å². The minimum absolute atomic E-state index is 0.0659. The zero-order chi connectivity index (χ0) is 18.9. The van der Waals surface area contributed by atoms with Crippen molar-refractivity contribution in [1.82, 2.24) is 15.0 Å². The largest absolute Gasteiger partial charge is 0.320 e. The summed E-state index contributed by atoms with van der Waals surface area (Å²) in [6, 6.07) is 12.0. The molecule has 0 aliphatic heterocycles. The molecule has 26 heavy (non-hydrogen) atoms. The van der Waals surface area contributed by atoms with Crippen molar-refractivity contribution in [1.29, 1.82) is 0 Å². The first-order valence-electron chi connectivity index (χ1n) is 7.69. The summed E-state index contributed by atoms with van der Waals surface area (Å²) >= 11 is 0. The molecule has 2 aromatic carbocycles. The zero-order valence-corrected chi connectivity index (χ0v) is 15.0. The van der Waals surface area contributed by atoms with Crippen molar-refractivity contribution in [3.8, 4) is 5.69 Å². The highest BCUT2D eigenvalue weighted by molar-refractivity contribution is 7.89. The van der Waals surface area contributed by atoms with Gasteiger partial charge in [-0.3, -0.25) is 4.79 Å². The lowest BCUT2D eigenvalue weighted by Gasteiger charge is -2.12. The number of amides is 1. The van der Waals surface area contributed by atoms with Crippen molar-refractivity contribution in [3.05, 3.63) is 65.5 Å². The van der Waals surface area contributed by atoms with Crippen LogP contribution in [-0.2, 0) is 10.0 Å². The Morgan fingerprint density at radius 2 is 1.85 bits per heavy atom. The Morgan fingerprint density at radius 1 is 1.15 bits per heavy atom. The van der Waals surface area contributed by atoms with Gasteiger partial charge in [0.15, 0.2) is 5.69 Å². The van der Waals surface area contributed by atoms with Crippen LogP contribution in [0.5, 0.6) is 0 Å². The normalized spacial score (nSPS) is 11.3. The molecule has 0 bridgehead atoms. The lowest BCUT2D eigenvalue weighted by atomic mass is 10.1. The van der Waals surface area contributed by atoms with E-state index in [1.807, 2.05) is 30.3 Å². The van der Waals surface area contributed by atoms with Crippen molar-refractivity contribution < 1.29 is 13.2 Å². The number of sulfonamides is 1. The number of nitrogens with one attached hydrogen (secondary N) is 1. The van der Waals surface area contributed by atoms with Crippen LogP contribution in [0.3, 0.4) is 0 Å². The van der Waals surface area contributed by atoms with Crippen LogP contribution in [0.25, 0.3) is 5.69 Å². The number of aromatic nitrogens is 3. The first kappa shape index (κ1) is 17.8. The molecule has 0 saturated heterocycles. The number of nitrogens with two attached hydrogens (primary N) is 1. The minimum Gasteiger partial charge on any atom is -0.320 e. The van der Waals surface area contributed by atoms with E-state index in [2.05, 4.69) is 15.5 Å². The molecule has 0 fully saturated rings. The van der Waals surface area contributed by atoms with E-state index >= 15 is 0 Å². The smallest absolute Gasteiger partial charge is 0.277 e. The topological polar surface area (TPSA) is 120 Å². The molecule has 0 atom stereocenters. The maximum atomic E-state index is 12.5. The number of benzene rings is 2. The predicted molar refractivity (Wildman–Crippen MR) is 96.6 cm³/mol. The molecular formula is C17H17N5O3S. The second-order valence-corrected chi connectivity index (χ2v) is 7.33. The summed E-state index contributed by atoms with van der Waals surface area (Å²) in [5, 5.41) is 16.1. The highest BCUT2D eigenvalue weighted by Crippen LogP contribution is 2.24. The number of para-hydroxylation sites is 1. The molecule has 134 valence electrons. The molecule has 3 rings (SSSR count). The van der Waals surface area contributed by atoms with Crippen LogP contribution in [0.15, 0.2) is 53.6 Å². The number of carbonyl (C=O) groups is 1. The molecule has 1 aromatic heterocycles. The summed E-state index contributed by atoms with van der Waals surface area (Å²) in [4.78, 5) is 13.8. The van der Waals surface area contributed by atoms with Gasteiger partial charge in [0.2, 0.25) is 10.0 Å². The zero-order valence-electron chi connectivity index (χ0n) is 14.2. The van der Waals surface area contributed by atoms with E-state index in [9.17, 15) is 13.2 Å². The Bertz CT molecular complexity index is 1080. The fraction of sp³-hybridized carbons (Fsp3) is 0.118. The molecule has 0 saturated carbocycles. The van der Waals surface area contributed by atoms with E-state index in [1.165, 1.54) is 23.1 Å². The summed E-state index contributed by atoms with van der Waals surface area (Å²) < 4.78 is 23.2. The lowest BCUT2D eigenvalue weighted by Crippen LogP contribution is -2.17. The Labute approximate surface area is 150 Å². The van der Waals surface area contributed by atoms with E-state index < -0.39 is 15.9 Å². The van der Waals surface area contributed by atoms with Crippen LogP contribution in [0, 0.1) is 13.8 Å². The Hall–Kier alpha value is -3.04. The molecule has 0 radical (unpaired) electrons. The van der Waals surface area contributed by atoms with Gasteiger partial charge in [-0.1, -0.05) is 18.2 Å². The van der Waals surface area contributed by atoms with Gasteiger partial charge in [0, 0.05) is 5.69 Å². The van der Waals surface area contributed by atoms with Gasteiger partial charge in [-0.2, -0.15) is 9.90 Å². The first-order valence-corrected chi connectivity index (χ1v) is 9.23. The summed E-state index contributed by atoms with van der Waals surface area (Å²) in [7, 11) is -3.88. The molecule has 0 spiro atoms. The third-order valence-electron chi connectivity index (χ3n) is 3.93. The summed E-state index contributed by atoms with van der Waals surface area (Å²) in [5.41, 5.74) is 2.61. The number of primary sulfonamides is 1. The Balaban J connectivity index is 1.89. The number of carbonyl (C=O) groups excluding carboxylic acids is 1. The van der Waals surface area contributed by atoms with Crippen LogP contribution >= 0.6 is 0 Å². The van der Waals surface area contributed by atoms with E-state index in [1.54, 1.807) is 13.8 Å². The van der Waals surface area contributed by atoms with Crippen molar-refractivity contribution >= 4 is 21.6 Å². The highest BCUT2D eigenvalue weighted by atomic mass is 32.2. The third kappa shape index (κ3) is 3.63. The molecule has 0 unspecified atom stereocenters. The van der Waals surface area contributed by atoms with Crippen molar-refractivity contribution in [3.63, 3.8) is 0 Å². The highest BCUT2D eigenvalue weighted by Gasteiger charge is 2.17. The van der Waals surface area contributed by atoms with Gasteiger partial charge in [0.1, 0.15) is 0 Å². The molecule has 1 heterocycles. The number of anilines is 1. The molecular weight excluding hydrogens is 354 g/mol. The van der Waals surface area contributed by atoms with E-state index in [4.69, 9.17) is 5.14 Å². The number of hydrogen-bond acceptors (Lipinski definition) is 5. The van der Waals surface area contributed by atoms with Crippen LogP contribution in [0.2, 0.25) is 0 Å². The SMILES string of the molecule is Cc1cc(S(N)(=O)=O)cc(NC(=O)c2cnn(-c3ccccc3)n2)c1C. The molecule has 0 aliphatic carbocycles.